The standard InChI is InChI=1S/C59H102O5/c1-4-7-10-13-16-19-22-25-27-29-30-31-32-35-37-40-43-46-49-52-58(60)63-56-57(64-59(61)53-50-47-44-41-38-34-24-21-18-15-12-9-6-3)55-62-54-51-48-45-42-39-36-33-28-26-23-20-17-14-11-8-5-2/h12,15-17,19-21,24-28,30-31,57H,4-11,13-14,18,22-23,29,32-56H2,1-3H3/b15-12-,19-16-,20-17-,24-21-,27-25-,28-26-,31-30-. The fraction of sp³-hybridized carbons (Fsp3) is 0.729. The lowest BCUT2D eigenvalue weighted by atomic mass is 10.1. The van der Waals surface area contributed by atoms with Crippen LogP contribution >= 0.6 is 0 Å². The van der Waals surface area contributed by atoms with Crippen LogP contribution in [0.5, 0.6) is 0 Å². The normalized spacial score (nSPS) is 12.9. The lowest BCUT2D eigenvalue weighted by Gasteiger charge is -2.18. The van der Waals surface area contributed by atoms with Gasteiger partial charge in [-0.05, 0) is 116 Å². The van der Waals surface area contributed by atoms with Gasteiger partial charge in [-0.25, -0.2) is 0 Å². The van der Waals surface area contributed by atoms with E-state index in [4.69, 9.17) is 14.2 Å². The molecule has 0 fully saturated rings. The van der Waals surface area contributed by atoms with Crippen molar-refractivity contribution < 1.29 is 23.8 Å². The molecule has 0 aromatic carbocycles. The van der Waals surface area contributed by atoms with Gasteiger partial charge < -0.3 is 14.2 Å². The molecular weight excluding hydrogens is 789 g/mol. The van der Waals surface area contributed by atoms with Crippen LogP contribution in [-0.4, -0.2) is 37.9 Å². The van der Waals surface area contributed by atoms with Gasteiger partial charge in [-0.1, -0.05) is 209 Å². The van der Waals surface area contributed by atoms with Crippen molar-refractivity contribution in [2.45, 2.75) is 258 Å². The zero-order chi connectivity index (χ0) is 46.3. The van der Waals surface area contributed by atoms with E-state index >= 15 is 0 Å². The molecule has 0 bridgehead atoms. The topological polar surface area (TPSA) is 61.8 Å². The molecule has 64 heavy (non-hydrogen) atoms. The van der Waals surface area contributed by atoms with Gasteiger partial charge in [-0.2, -0.15) is 0 Å². The Morgan fingerprint density at radius 3 is 1.11 bits per heavy atom. The maximum absolute atomic E-state index is 12.8. The third-order valence-electron chi connectivity index (χ3n) is 11.4. The van der Waals surface area contributed by atoms with Crippen LogP contribution in [0.2, 0.25) is 0 Å². The second-order valence-corrected chi connectivity index (χ2v) is 17.8. The Bertz CT molecular complexity index is 1190. The number of unbranched alkanes of at least 4 members (excludes halogenated alkanes) is 24. The van der Waals surface area contributed by atoms with Crippen LogP contribution in [-0.2, 0) is 23.8 Å². The van der Waals surface area contributed by atoms with Gasteiger partial charge in [0.05, 0.1) is 6.61 Å². The first-order valence-corrected chi connectivity index (χ1v) is 27.1. The Morgan fingerprint density at radius 2 is 0.688 bits per heavy atom. The molecule has 0 aliphatic heterocycles. The summed E-state index contributed by atoms with van der Waals surface area (Å²) in [4.78, 5) is 25.4. The largest absolute Gasteiger partial charge is 0.462 e. The van der Waals surface area contributed by atoms with Gasteiger partial charge in [0.1, 0.15) is 6.61 Å². The average molecular weight is 891 g/mol. The molecule has 0 aromatic rings. The third kappa shape index (κ3) is 51.7. The maximum atomic E-state index is 12.8. The highest BCUT2D eigenvalue weighted by molar-refractivity contribution is 5.70. The molecule has 0 radical (unpaired) electrons. The molecule has 0 spiro atoms. The lowest BCUT2D eigenvalue weighted by molar-refractivity contribution is -0.163. The highest BCUT2D eigenvalue weighted by Gasteiger charge is 2.17. The minimum Gasteiger partial charge on any atom is -0.462 e. The monoisotopic (exact) mass is 891 g/mol. The van der Waals surface area contributed by atoms with E-state index in [1.165, 1.54) is 122 Å². The molecule has 368 valence electrons. The summed E-state index contributed by atoms with van der Waals surface area (Å²) in [5.74, 6) is -0.433. The van der Waals surface area contributed by atoms with Gasteiger partial charge in [-0.3, -0.25) is 9.59 Å². The number of rotatable bonds is 49. The predicted molar refractivity (Wildman–Crippen MR) is 279 cm³/mol. The smallest absolute Gasteiger partial charge is 0.306 e. The molecule has 1 unspecified atom stereocenters. The van der Waals surface area contributed by atoms with Crippen LogP contribution in [0.4, 0.5) is 0 Å². The van der Waals surface area contributed by atoms with Crippen LogP contribution in [0, 0.1) is 0 Å². The minimum absolute atomic E-state index is 0.0651. The van der Waals surface area contributed by atoms with Crippen LogP contribution in [0.1, 0.15) is 252 Å². The van der Waals surface area contributed by atoms with E-state index in [-0.39, 0.29) is 25.2 Å². The Morgan fingerprint density at radius 1 is 0.344 bits per heavy atom. The SMILES string of the molecule is CCC/C=C\C/C=C\CCCCCCCC(=O)OC(COCCCCCCCC/C=C\C/C=C\CCCCC)COC(=O)CCCCCCCC/C=C\C/C=C\C/C=C\CCCCC. The van der Waals surface area contributed by atoms with Crippen LogP contribution in [0.25, 0.3) is 0 Å². The summed E-state index contributed by atoms with van der Waals surface area (Å²) in [5.41, 5.74) is 0. The second-order valence-electron chi connectivity index (χ2n) is 17.8. The molecule has 0 N–H and O–H groups in total. The molecular formula is C59H102O5. The summed E-state index contributed by atoms with van der Waals surface area (Å²) in [6, 6.07) is 0. The van der Waals surface area contributed by atoms with Crippen LogP contribution < -0.4 is 0 Å². The van der Waals surface area contributed by atoms with Gasteiger partial charge in [0.2, 0.25) is 0 Å². The predicted octanol–water partition coefficient (Wildman–Crippen LogP) is 18.5. The molecule has 0 rings (SSSR count). The van der Waals surface area contributed by atoms with Gasteiger partial charge in [0, 0.05) is 19.4 Å². The molecule has 1 atom stereocenters. The van der Waals surface area contributed by atoms with Crippen molar-refractivity contribution in [1.82, 2.24) is 0 Å². The van der Waals surface area contributed by atoms with Crippen LogP contribution in [0.3, 0.4) is 0 Å². The summed E-state index contributed by atoms with van der Waals surface area (Å²) in [6.45, 7) is 7.67. The number of hydrogen-bond acceptors (Lipinski definition) is 5. The fourth-order valence-corrected chi connectivity index (χ4v) is 7.29. The van der Waals surface area contributed by atoms with E-state index in [1.807, 2.05) is 0 Å². The Labute approximate surface area is 397 Å². The van der Waals surface area contributed by atoms with E-state index in [0.717, 1.165) is 96.3 Å². The maximum Gasteiger partial charge on any atom is 0.306 e. The van der Waals surface area contributed by atoms with Gasteiger partial charge >= 0.3 is 11.9 Å². The first-order valence-electron chi connectivity index (χ1n) is 27.1. The van der Waals surface area contributed by atoms with Gasteiger partial charge in [-0.15, -0.1) is 0 Å². The van der Waals surface area contributed by atoms with Crippen molar-refractivity contribution in [3.05, 3.63) is 85.1 Å². The molecule has 0 heterocycles. The Hall–Kier alpha value is -2.92. The van der Waals surface area contributed by atoms with Crippen molar-refractivity contribution in [1.29, 1.82) is 0 Å². The number of carbonyl (C=O) groups is 2. The highest BCUT2D eigenvalue weighted by atomic mass is 16.6. The van der Waals surface area contributed by atoms with Crippen molar-refractivity contribution in [2.75, 3.05) is 19.8 Å². The van der Waals surface area contributed by atoms with E-state index < -0.39 is 6.10 Å². The fourth-order valence-electron chi connectivity index (χ4n) is 7.29. The highest BCUT2D eigenvalue weighted by Crippen LogP contribution is 2.13. The zero-order valence-electron chi connectivity index (χ0n) is 42.3. The number of ether oxygens (including phenoxy) is 3. The summed E-state index contributed by atoms with van der Waals surface area (Å²) in [7, 11) is 0. The van der Waals surface area contributed by atoms with Crippen molar-refractivity contribution in [2.24, 2.45) is 0 Å². The van der Waals surface area contributed by atoms with Crippen molar-refractivity contribution in [3.8, 4) is 0 Å². The summed E-state index contributed by atoms with van der Waals surface area (Å²) >= 11 is 0. The first kappa shape index (κ1) is 61.1. The third-order valence-corrected chi connectivity index (χ3v) is 11.4. The average Bonchev–Trinajstić information content (AvgIpc) is 3.30. The minimum atomic E-state index is -0.558. The Kier molecular flexibility index (Phi) is 51.9. The van der Waals surface area contributed by atoms with Crippen molar-refractivity contribution >= 4 is 11.9 Å². The second kappa shape index (κ2) is 54.4. The van der Waals surface area contributed by atoms with Gasteiger partial charge in [0.25, 0.3) is 0 Å². The summed E-state index contributed by atoms with van der Waals surface area (Å²) in [5, 5.41) is 0. The quantitative estimate of drug-likeness (QED) is 0.0346. The number of allylic oxidation sites excluding steroid dienone is 14. The molecule has 0 saturated heterocycles. The summed E-state index contributed by atoms with van der Waals surface area (Å²) in [6.07, 6.45) is 71.6. The van der Waals surface area contributed by atoms with E-state index in [2.05, 4.69) is 106 Å². The number of carbonyl (C=O) groups excluding carboxylic acids is 2. The number of esters is 2. The molecule has 0 amide bonds. The van der Waals surface area contributed by atoms with E-state index in [9.17, 15) is 9.59 Å². The van der Waals surface area contributed by atoms with Crippen molar-refractivity contribution in [3.63, 3.8) is 0 Å². The molecule has 0 aliphatic rings. The van der Waals surface area contributed by atoms with Crippen LogP contribution in [0.15, 0.2) is 85.1 Å². The molecule has 0 aliphatic carbocycles. The summed E-state index contributed by atoms with van der Waals surface area (Å²) < 4.78 is 17.4. The number of hydrogen-bond donors (Lipinski definition) is 0. The molecule has 0 aromatic heterocycles. The first-order chi connectivity index (χ1) is 31.6. The molecule has 5 heteroatoms. The Balaban J connectivity index is 4.32. The van der Waals surface area contributed by atoms with E-state index in [0.29, 0.717) is 19.4 Å². The lowest BCUT2D eigenvalue weighted by Crippen LogP contribution is -2.30. The zero-order valence-corrected chi connectivity index (χ0v) is 42.3. The van der Waals surface area contributed by atoms with E-state index in [1.54, 1.807) is 0 Å². The molecule has 5 nitrogen and oxygen atoms in total. The molecule has 0 saturated carbocycles. The van der Waals surface area contributed by atoms with Gasteiger partial charge in [0.15, 0.2) is 6.10 Å².